The smallest absolute Gasteiger partial charge is 0.365 e. The molecule has 1 aliphatic carbocycles. The second-order valence-electron chi connectivity index (χ2n) is 4.77. The van der Waals surface area contributed by atoms with Gasteiger partial charge in [0.2, 0.25) is 0 Å². The molecule has 1 aliphatic rings. The number of aromatic nitrogens is 1. The van der Waals surface area contributed by atoms with Crippen LogP contribution < -0.4 is 5.32 Å². The van der Waals surface area contributed by atoms with E-state index in [-0.39, 0.29) is 5.82 Å². The summed E-state index contributed by atoms with van der Waals surface area (Å²) >= 11 is 1.74. The van der Waals surface area contributed by atoms with Gasteiger partial charge in [-0.1, -0.05) is 6.07 Å². The number of pyridine rings is 1. The molecule has 1 N–H and O–H groups in total. The van der Waals surface area contributed by atoms with Crippen LogP contribution in [0.1, 0.15) is 27.4 Å². The van der Waals surface area contributed by atoms with Gasteiger partial charge in [0.1, 0.15) is 11.5 Å². The highest BCUT2D eigenvalue weighted by Gasteiger charge is 2.32. The van der Waals surface area contributed by atoms with E-state index in [1.54, 1.807) is 17.4 Å². The van der Waals surface area contributed by atoms with Crippen LogP contribution in [0.5, 0.6) is 0 Å². The Morgan fingerprint density at radius 1 is 1.25 bits per heavy atom. The fourth-order valence-electron chi connectivity index (χ4n) is 2.35. The van der Waals surface area contributed by atoms with E-state index in [2.05, 4.69) is 16.4 Å². The lowest BCUT2D eigenvalue weighted by atomic mass is 10.2. The van der Waals surface area contributed by atoms with E-state index in [0.29, 0.717) is 6.54 Å². The molecule has 2 aromatic rings. The first-order valence-electron chi connectivity index (χ1n) is 6.41. The van der Waals surface area contributed by atoms with Crippen LogP contribution in [0, 0.1) is 0 Å². The third-order valence-corrected chi connectivity index (χ3v) is 4.52. The Labute approximate surface area is 118 Å². The zero-order chi connectivity index (χ0) is 14.2. The molecule has 2 aromatic heterocycles. The summed E-state index contributed by atoms with van der Waals surface area (Å²) in [6, 6.07) is 6.04. The summed E-state index contributed by atoms with van der Waals surface area (Å²) in [7, 11) is 0. The molecule has 0 aromatic carbocycles. The first kappa shape index (κ1) is 13.4. The summed E-state index contributed by atoms with van der Waals surface area (Å²) < 4.78 is 37.7. The quantitative estimate of drug-likeness (QED) is 0.915. The van der Waals surface area contributed by atoms with Gasteiger partial charge >= 0.3 is 6.18 Å². The molecule has 2 heterocycles. The fourth-order valence-corrected chi connectivity index (χ4v) is 3.55. The average molecular weight is 298 g/mol. The van der Waals surface area contributed by atoms with E-state index in [4.69, 9.17) is 0 Å². The molecule has 0 saturated heterocycles. The van der Waals surface area contributed by atoms with Crippen LogP contribution in [0.25, 0.3) is 0 Å². The van der Waals surface area contributed by atoms with Gasteiger partial charge in [-0.25, -0.2) is 4.98 Å². The van der Waals surface area contributed by atoms with E-state index >= 15 is 0 Å². The second kappa shape index (κ2) is 5.09. The van der Waals surface area contributed by atoms with Crippen molar-refractivity contribution < 1.29 is 13.2 Å². The van der Waals surface area contributed by atoms with E-state index in [1.807, 2.05) is 0 Å². The summed E-state index contributed by atoms with van der Waals surface area (Å²) in [6.07, 6.45) is -0.943. The first-order chi connectivity index (χ1) is 9.52. The van der Waals surface area contributed by atoms with Gasteiger partial charge < -0.3 is 5.32 Å². The molecule has 0 spiro atoms. The molecule has 2 nitrogen and oxygen atoms in total. The number of rotatable bonds is 3. The minimum absolute atomic E-state index is 0.258. The van der Waals surface area contributed by atoms with Crippen molar-refractivity contribution in [1.29, 1.82) is 0 Å². The van der Waals surface area contributed by atoms with Crippen molar-refractivity contribution in [2.75, 3.05) is 5.32 Å². The van der Waals surface area contributed by atoms with Gasteiger partial charge in [-0.3, -0.25) is 0 Å². The number of anilines is 1. The topological polar surface area (TPSA) is 24.9 Å². The zero-order valence-corrected chi connectivity index (χ0v) is 11.4. The Hall–Kier alpha value is -1.56. The molecule has 0 fully saturated rings. The van der Waals surface area contributed by atoms with Crippen molar-refractivity contribution in [3.8, 4) is 0 Å². The first-order valence-corrected chi connectivity index (χ1v) is 7.22. The van der Waals surface area contributed by atoms with Gasteiger partial charge in [0.05, 0.1) is 6.54 Å². The van der Waals surface area contributed by atoms with Crippen LogP contribution in [-0.4, -0.2) is 4.98 Å². The average Bonchev–Trinajstić information content (AvgIpc) is 2.96. The Bertz CT molecular complexity index is 598. The van der Waals surface area contributed by atoms with Crippen LogP contribution in [0.15, 0.2) is 24.3 Å². The highest BCUT2D eigenvalue weighted by molar-refractivity contribution is 7.12. The molecule has 0 unspecified atom stereocenters. The molecule has 0 saturated carbocycles. The van der Waals surface area contributed by atoms with E-state index in [1.165, 1.54) is 22.9 Å². The molecule has 106 valence electrons. The lowest BCUT2D eigenvalue weighted by molar-refractivity contribution is -0.141. The van der Waals surface area contributed by atoms with E-state index in [0.717, 1.165) is 23.8 Å². The zero-order valence-electron chi connectivity index (χ0n) is 10.6. The molecule has 20 heavy (non-hydrogen) atoms. The molecule has 0 aliphatic heterocycles. The number of fused-ring (bicyclic) bond motifs is 1. The van der Waals surface area contributed by atoms with Crippen molar-refractivity contribution in [3.63, 3.8) is 0 Å². The minimum atomic E-state index is -4.40. The highest BCUT2D eigenvalue weighted by atomic mass is 32.1. The van der Waals surface area contributed by atoms with Crippen molar-refractivity contribution >= 4 is 17.2 Å². The van der Waals surface area contributed by atoms with Crippen molar-refractivity contribution in [3.05, 3.63) is 45.3 Å². The van der Waals surface area contributed by atoms with Gasteiger partial charge in [0, 0.05) is 9.75 Å². The normalized spacial score (nSPS) is 14.3. The maximum atomic E-state index is 12.6. The number of aryl methyl sites for hydroxylation is 2. The number of hydrogen-bond donors (Lipinski definition) is 1. The molecular weight excluding hydrogens is 285 g/mol. The lowest BCUT2D eigenvalue weighted by Gasteiger charge is -2.08. The van der Waals surface area contributed by atoms with Crippen molar-refractivity contribution in [2.24, 2.45) is 0 Å². The predicted octanol–water partition coefficient (Wildman–Crippen LogP) is 4.26. The Balaban J connectivity index is 1.68. The predicted molar refractivity (Wildman–Crippen MR) is 72.9 cm³/mol. The summed E-state index contributed by atoms with van der Waals surface area (Å²) in [6.45, 7) is 0.520. The SMILES string of the molecule is FC(F)(F)c1cccc(NCc2cc3c(s2)CCC3)n1. The molecule has 0 bridgehead atoms. The van der Waals surface area contributed by atoms with Crippen molar-refractivity contribution in [1.82, 2.24) is 4.98 Å². The van der Waals surface area contributed by atoms with E-state index in [9.17, 15) is 13.2 Å². The van der Waals surface area contributed by atoms with Crippen LogP contribution in [0.2, 0.25) is 0 Å². The van der Waals surface area contributed by atoms with Crippen LogP contribution >= 0.6 is 11.3 Å². The Morgan fingerprint density at radius 2 is 2.10 bits per heavy atom. The number of thiophene rings is 1. The molecule has 0 radical (unpaired) electrons. The fraction of sp³-hybridized carbons (Fsp3) is 0.357. The number of alkyl halides is 3. The number of nitrogens with one attached hydrogen (secondary N) is 1. The maximum absolute atomic E-state index is 12.6. The lowest BCUT2D eigenvalue weighted by Crippen LogP contribution is -2.09. The Kier molecular flexibility index (Phi) is 3.41. The van der Waals surface area contributed by atoms with Crippen LogP contribution in [-0.2, 0) is 25.6 Å². The molecule has 6 heteroatoms. The maximum Gasteiger partial charge on any atom is 0.433 e. The van der Waals surface area contributed by atoms with Gasteiger partial charge in [0.15, 0.2) is 0 Å². The summed E-state index contributed by atoms with van der Waals surface area (Å²) in [5.74, 6) is 0.258. The summed E-state index contributed by atoms with van der Waals surface area (Å²) in [4.78, 5) is 6.15. The number of hydrogen-bond acceptors (Lipinski definition) is 3. The third kappa shape index (κ3) is 2.80. The van der Waals surface area contributed by atoms with Gasteiger partial charge in [-0.2, -0.15) is 13.2 Å². The largest absolute Gasteiger partial charge is 0.433 e. The van der Waals surface area contributed by atoms with Gasteiger partial charge in [0.25, 0.3) is 0 Å². The monoisotopic (exact) mass is 298 g/mol. The summed E-state index contributed by atoms with van der Waals surface area (Å²) in [5, 5.41) is 2.96. The van der Waals surface area contributed by atoms with Gasteiger partial charge in [-0.15, -0.1) is 11.3 Å². The molecular formula is C14H13F3N2S. The second-order valence-corrected chi connectivity index (χ2v) is 6.00. The highest BCUT2D eigenvalue weighted by Crippen LogP contribution is 2.31. The molecule has 3 rings (SSSR count). The Morgan fingerprint density at radius 3 is 2.85 bits per heavy atom. The third-order valence-electron chi connectivity index (χ3n) is 3.28. The standard InChI is InChI=1S/C14H13F3N2S/c15-14(16,17)12-5-2-6-13(19-12)18-8-10-7-9-3-1-4-11(9)20-10/h2,5-7H,1,3-4,8H2,(H,18,19). The number of nitrogens with zero attached hydrogens (tertiary/aromatic N) is 1. The van der Waals surface area contributed by atoms with Crippen molar-refractivity contribution in [2.45, 2.75) is 32.0 Å². The van der Waals surface area contributed by atoms with Crippen LogP contribution in [0.4, 0.5) is 19.0 Å². The van der Waals surface area contributed by atoms with E-state index < -0.39 is 11.9 Å². The molecule has 0 atom stereocenters. The van der Waals surface area contributed by atoms with Gasteiger partial charge in [-0.05, 0) is 43.0 Å². The minimum Gasteiger partial charge on any atom is -0.365 e. The number of halogens is 3. The molecule has 0 amide bonds. The summed E-state index contributed by atoms with van der Waals surface area (Å²) in [5.41, 5.74) is 0.528. The van der Waals surface area contributed by atoms with Crippen LogP contribution in [0.3, 0.4) is 0 Å².